The number of nitrogens with zero attached hydrogens (tertiary/aromatic N) is 5. The Hall–Kier alpha value is -6.24. The lowest BCUT2D eigenvalue weighted by Gasteiger charge is -2.37. The number of phenolic OH excluding ortho intramolecular Hbond substituents is 1. The first-order valence-electron chi connectivity index (χ1n) is 23.0. The minimum Gasteiger partial charge on any atom is -0.508 e. The molecule has 1 unspecified atom stereocenters. The van der Waals surface area contributed by atoms with Crippen LogP contribution in [0.25, 0.3) is 33.3 Å². The molecule has 2 saturated heterocycles. The van der Waals surface area contributed by atoms with E-state index in [1.54, 1.807) is 32.5 Å². The summed E-state index contributed by atoms with van der Waals surface area (Å²) in [6.45, 7) is 13.4. The van der Waals surface area contributed by atoms with Crippen LogP contribution >= 0.6 is 0 Å². The zero-order chi connectivity index (χ0) is 47.6. The van der Waals surface area contributed by atoms with Gasteiger partial charge in [0.05, 0.1) is 24.3 Å². The number of hydrazine groups is 1. The van der Waals surface area contributed by atoms with Crippen molar-refractivity contribution in [3.05, 3.63) is 71.5 Å². The van der Waals surface area contributed by atoms with Gasteiger partial charge in [0.15, 0.2) is 0 Å². The van der Waals surface area contributed by atoms with E-state index in [0.717, 1.165) is 38.9 Å². The number of aryl methyl sites for hydroxylation is 1. The first-order valence-corrected chi connectivity index (χ1v) is 23.0. The molecule has 2 fully saturated rings. The SMILES string of the molecule is C#CC(=O)N1CC[C@H](C(=O)N(C)C(C(=O)N[C@H]2Cc3cc(O)cc(c3)-c3ccc4c(c3)c(c(-c3cnccc3[C@H](C)OC)n4CC)CC(C)(C)COC(=O)[C@@H]3CCCN(N3)C2=O)C(C)C)C1. The molecule has 0 saturated carbocycles. The zero-order valence-electron chi connectivity index (χ0n) is 39.3. The molecule has 6 bridgehead atoms. The van der Waals surface area contributed by atoms with Crippen molar-refractivity contribution in [3.8, 4) is 40.5 Å². The molecule has 3 N–H and O–H groups in total. The van der Waals surface area contributed by atoms with Crippen LogP contribution in [0.15, 0.2) is 54.9 Å². The van der Waals surface area contributed by atoms with Crippen LogP contribution in [0.1, 0.15) is 83.6 Å². The Bertz CT molecular complexity index is 2560. The van der Waals surface area contributed by atoms with E-state index in [0.29, 0.717) is 49.9 Å². The third kappa shape index (κ3) is 9.81. The predicted molar refractivity (Wildman–Crippen MR) is 250 cm³/mol. The number of likely N-dealkylation sites (tertiary alicyclic amines) is 1. The van der Waals surface area contributed by atoms with Gasteiger partial charge in [-0.25, -0.2) is 5.43 Å². The topological polar surface area (TPSA) is 176 Å². The van der Waals surface area contributed by atoms with E-state index in [1.165, 1.54) is 14.8 Å². The Morgan fingerprint density at radius 3 is 2.58 bits per heavy atom. The molecular weight excluding hydrogens is 839 g/mol. The number of terminal acetylenes is 1. The van der Waals surface area contributed by atoms with Gasteiger partial charge in [-0.05, 0) is 110 Å². The summed E-state index contributed by atoms with van der Waals surface area (Å²) >= 11 is 0. The fourth-order valence-electron chi connectivity index (χ4n) is 9.94. The summed E-state index contributed by atoms with van der Waals surface area (Å²) in [5.74, 6) is -1.13. The highest BCUT2D eigenvalue weighted by atomic mass is 16.5. The van der Waals surface area contributed by atoms with Gasteiger partial charge >= 0.3 is 5.97 Å². The predicted octanol–water partition coefficient (Wildman–Crippen LogP) is 5.42. The fourth-order valence-corrected chi connectivity index (χ4v) is 9.94. The highest BCUT2D eigenvalue weighted by Gasteiger charge is 2.40. The Morgan fingerprint density at radius 1 is 1.09 bits per heavy atom. The van der Waals surface area contributed by atoms with Gasteiger partial charge < -0.3 is 34.3 Å². The molecule has 5 atom stereocenters. The molecule has 7 rings (SSSR count). The van der Waals surface area contributed by atoms with Gasteiger partial charge in [0, 0.05) is 81.0 Å². The quantitative estimate of drug-likeness (QED) is 0.146. The smallest absolute Gasteiger partial charge is 0.324 e. The molecule has 15 nitrogen and oxygen atoms in total. The molecule has 66 heavy (non-hydrogen) atoms. The van der Waals surface area contributed by atoms with Crippen molar-refractivity contribution < 1.29 is 38.6 Å². The Labute approximate surface area is 387 Å². The van der Waals surface area contributed by atoms with E-state index >= 15 is 0 Å². The van der Waals surface area contributed by atoms with Gasteiger partial charge in [0.25, 0.3) is 11.8 Å². The van der Waals surface area contributed by atoms with Crippen LogP contribution in [0.3, 0.4) is 0 Å². The Kier molecular flexibility index (Phi) is 14.2. The number of phenols is 1. The van der Waals surface area contributed by atoms with E-state index in [9.17, 15) is 29.1 Å². The van der Waals surface area contributed by atoms with Gasteiger partial charge in [-0.15, -0.1) is 6.42 Å². The number of aromatic hydroxyl groups is 1. The van der Waals surface area contributed by atoms with Crippen molar-refractivity contribution in [2.45, 2.75) is 104 Å². The van der Waals surface area contributed by atoms with Crippen LogP contribution in [-0.2, 0) is 52.8 Å². The van der Waals surface area contributed by atoms with Crippen LogP contribution in [0.2, 0.25) is 0 Å². The second-order valence-corrected chi connectivity index (χ2v) is 19.1. The lowest BCUT2D eigenvalue weighted by molar-refractivity contribution is -0.155. The number of pyridine rings is 1. The normalized spacial score (nSPS) is 20.9. The van der Waals surface area contributed by atoms with Crippen LogP contribution in [0, 0.1) is 29.6 Å². The molecule has 5 heterocycles. The van der Waals surface area contributed by atoms with Crippen molar-refractivity contribution in [3.63, 3.8) is 0 Å². The number of aromatic nitrogens is 2. The number of esters is 1. The number of hydrogen-bond acceptors (Lipinski definition) is 10. The molecular formula is C51H63N7O8. The first-order chi connectivity index (χ1) is 31.4. The van der Waals surface area contributed by atoms with Crippen LogP contribution in [-0.4, -0.2) is 118 Å². The third-order valence-electron chi connectivity index (χ3n) is 13.4. The summed E-state index contributed by atoms with van der Waals surface area (Å²) in [6, 6.07) is 10.4. The lowest BCUT2D eigenvalue weighted by atomic mass is 9.84. The summed E-state index contributed by atoms with van der Waals surface area (Å²) in [6.07, 6.45) is 10.6. The van der Waals surface area contributed by atoms with Crippen molar-refractivity contribution in [1.82, 2.24) is 35.1 Å². The minimum atomic E-state index is -1.18. The standard InChI is InChI=1S/C51H63N7O8/c1-10-44(60)56-20-17-34(28-56)48(62)55(8)45(30(3)4)47(61)53-42-23-32-21-35(24-36(59)22-32)33-14-15-43-38(25-33)39(46(57(43)11-2)40-27-52-18-16-37(40)31(5)65-9)26-51(6,7)29-66-50(64)41-13-12-19-58(54-41)49(42)63/h1,14-16,18,21-22,24-25,27,30-31,34,41-42,45,54,59H,11-13,17,19-20,23,26,28-29H2,2-9H3,(H,53,61)/t31-,34-,41-,42-,45?/m0/s1. The summed E-state index contributed by atoms with van der Waals surface area (Å²) in [5.41, 5.74) is 9.66. The molecule has 3 aliphatic rings. The largest absolute Gasteiger partial charge is 0.508 e. The van der Waals surface area contributed by atoms with Crippen molar-refractivity contribution in [2.24, 2.45) is 17.3 Å². The molecule has 3 aliphatic heterocycles. The lowest BCUT2D eigenvalue weighted by Crippen LogP contribution is -2.62. The molecule has 350 valence electrons. The number of likely N-dealkylation sites (N-methyl/N-ethyl adjacent to an activating group) is 1. The number of carbonyl (C=O) groups excluding carboxylic acids is 5. The average molecular weight is 902 g/mol. The number of ether oxygens (including phenoxy) is 2. The number of amides is 4. The van der Waals surface area contributed by atoms with E-state index < -0.39 is 53.1 Å². The highest BCUT2D eigenvalue weighted by molar-refractivity contribution is 5.97. The highest BCUT2D eigenvalue weighted by Crippen LogP contribution is 2.42. The van der Waals surface area contributed by atoms with E-state index in [-0.39, 0.29) is 49.8 Å². The van der Waals surface area contributed by atoms with Gasteiger partial charge in [0.1, 0.15) is 23.9 Å². The first kappa shape index (κ1) is 47.7. The van der Waals surface area contributed by atoms with Crippen LogP contribution in [0.4, 0.5) is 0 Å². The van der Waals surface area contributed by atoms with Gasteiger partial charge in [0.2, 0.25) is 11.8 Å². The van der Waals surface area contributed by atoms with E-state index in [2.05, 4.69) is 59.1 Å². The maximum atomic E-state index is 14.7. The van der Waals surface area contributed by atoms with Crippen LogP contribution < -0.4 is 10.7 Å². The molecule has 0 radical (unpaired) electrons. The molecule has 4 amide bonds. The Balaban J connectivity index is 1.31. The monoisotopic (exact) mass is 901 g/mol. The van der Waals surface area contributed by atoms with Crippen molar-refractivity contribution >= 4 is 40.5 Å². The number of cyclic esters (lactones) is 1. The van der Waals surface area contributed by atoms with Crippen molar-refractivity contribution in [1.29, 1.82) is 0 Å². The Morgan fingerprint density at radius 2 is 1.86 bits per heavy atom. The number of methoxy groups -OCH3 is 1. The molecule has 15 heteroatoms. The van der Waals surface area contributed by atoms with Crippen LogP contribution in [0.5, 0.6) is 5.75 Å². The van der Waals surface area contributed by atoms with E-state index in [1.807, 2.05) is 45.2 Å². The number of carbonyl (C=O) groups is 5. The molecule has 4 aromatic rings. The summed E-state index contributed by atoms with van der Waals surface area (Å²) in [7, 11) is 3.25. The van der Waals surface area contributed by atoms with Crippen molar-refractivity contribution in [2.75, 3.05) is 40.4 Å². The average Bonchev–Trinajstić information content (AvgIpc) is 3.92. The second-order valence-electron chi connectivity index (χ2n) is 19.1. The molecule has 0 spiro atoms. The molecule has 2 aromatic heterocycles. The zero-order valence-corrected chi connectivity index (χ0v) is 39.3. The number of benzene rings is 2. The second kappa shape index (κ2) is 19.7. The van der Waals surface area contributed by atoms with Gasteiger partial charge in [-0.2, -0.15) is 0 Å². The fraction of sp³-hybridized carbons (Fsp3) is 0.490. The summed E-state index contributed by atoms with van der Waals surface area (Å²) < 4.78 is 14.2. The molecule has 2 aromatic carbocycles. The summed E-state index contributed by atoms with van der Waals surface area (Å²) in [5, 5.41) is 16.7. The number of rotatable bonds is 9. The molecule has 0 aliphatic carbocycles. The van der Waals surface area contributed by atoms with Gasteiger partial charge in [-0.1, -0.05) is 39.8 Å². The third-order valence-corrected chi connectivity index (χ3v) is 13.4. The maximum Gasteiger partial charge on any atom is 0.324 e. The summed E-state index contributed by atoms with van der Waals surface area (Å²) in [4.78, 5) is 76.6. The van der Waals surface area contributed by atoms with E-state index in [4.69, 9.17) is 15.9 Å². The number of nitrogens with one attached hydrogen (secondary N) is 2. The number of hydrogen-bond donors (Lipinski definition) is 3. The van der Waals surface area contributed by atoms with Gasteiger partial charge in [-0.3, -0.25) is 34.0 Å². The maximum absolute atomic E-state index is 14.7. The number of fused-ring (bicyclic) bond motifs is 6. The minimum absolute atomic E-state index is 0.0190.